The minimum Gasteiger partial charge on any atom is -0.420 e. The van der Waals surface area contributed by atoms with Crippen molar-refractivity contribution in [1.82, 2.24) is 4.90 Å². The lowest BCUT2D eigenvalue weighted by atomic mass is 9.84. The van der Waals surface area contributed by atoms with E-state index in [9.17, 15) is 0 Å². The molecule has 4 nitrogen and oxygen atoms in total. The molecule has 0 spiro atoms. The molecule has 3 aromatic rings. The van der Waals surface area contributed by atoms with Crippen LogP contribution < -0.4 is 14.2 Å². The Labute approximate surface area is 235 Å². The van der Waals surface area contributed by atoms with Crippen LogP contribution in [0, 0.1) is 0 Å². The summed E-state index contributed by atoms with van der Waals surface area (Å²) < 4.78 is 21.1. The van der Waals surface area contributed by atoms with Crippen molar-refractivity contribution >= 4 is 0 Å². The molecule has 2 bridgehead atoms. The van der Waals surface area contributed by atoms with E-state index in [4.69, 9.17) is 14.2 Å². The van der Waals surface area contributed by atoms with Crippen molar-refractivity contribution in [1.29, 1.82) is 0 Å². The van der Waals surface area contributed by atoms with Crippen LogP contribution in [0.2, 0.25) is 0 Å². The van der Waals surface area contributed by atoms with Crippen LogP contribution in [0.15, 0.2) is 54.6 Å². The highest BCUT2D eigenvalue weighted by Crippen LogP contribution is 2.45. The molecule has 0 saturated heterocycles. The highest BCUT2D eigenvalue weighted by molar-refractivity contribution is 5.50. The molecule has 0 radical (unpaired) electrons. The number of hydrogen-bond acceptors (Lipinski definition) is 4. The molecule has 0 N–H and O–H groups in total. The third kappa shape index (κ3) is 5.41. The van der Waals surface area contributed by atoms with Crippen LogP contribution in [0.3, 0.4) is 0 Å². The van der Waals surface area contributed by atoms with Crippen molar-refractivity contribution in [2.24, 2.45) is 0 Å². The second kappa shape index (κ2) is 9.30. The Kier molecular flexibility index (Phi) is 6.58. The molecule has 0 fully saturated rings. The van der Waals surface area contributed by atoms with Crippen LogP contribution in [0.1, 0.15) is 103 Å². The van der Waals surface area contributed by atoms with Gasteiger partial charge in [0.25, 0.3) is 0 Å². The zero-order valence-corrected chi connectivity index (χ0v) is 25.5. The standard InChI is InChI=1S/C35H45NO3/c1-32(2,3)26-17-11-14-23-20-36-21-24-15-12-18-27(33(4,5)6)30(24)38-35(10,37-29(23)26)39-31-25(22-36)16-13-19-28(31)34(7,8)9/h11-19H,20-22H2,1-10H3. The first-order chi connectivity index (χ1) is 18.1. The highest BCUT2D eigenvalue weighted by Gasteiger charge is 2.41. The molecule has 39 heavy (non-hydrogen) atoms. The molecule has 3 aliphatic rings. The van der Waals surface area contributed by atoms with E-state index in [0.29, 0.717) is 0 Å². The van der Waals surface area contributed by atoms with E-state index in [1.165, 1.54) is 0 Å². The van der Waals surface area contributed by atoms with Crippen molar-refractivity contribution < 1.29 is 14.2 Å². The summed E-state index contributed by atoms with van der Waals surface area (Å²) in [4.78, 5) is 2.49. The van der Waals surface area contributed by atoms with Gasteiger partial charge in [-0.25, -0.2) is 0 Å². The molecule has 208 valence electrons. The van der Waals surface area contributed by atoms with Gasteiger partial charge >= 0.3 is 5.97 Å². The van der Waals surface area contributed by atoms with Gasteiger partial charge in [0.15, 0.2) is 0 Å². The predicted octanol–water partition coefficient (Wildman–Crippen LogP) is 8.62. The molecular formula is C35H45NO3. The highest BCUT2D eigenvalue weighted by atomic mass is 16.9. The van der Waals surface area contributed by atoms with Crippen LogP contribution in [0.5, 0.6) is 17.2 Å². The first-order valence-corrected chi connectivity index (χ1v) is 14.2. The van der Waals surface area contributed by atoms with Gasteiger partial charge < -0.3 is 14.2 Å². The largest absolute Gasteiger partial charge is 0.420 e. The number of hydrogen-bond donors (Lipinski definition) is 0. The molecule has 0 aliphatic carbocycles. The van der Waals surface area contributed by atoms with Gasteiger partial charge in [-0.05, 0) is 16.2 Å². The number of para-hydroxylation sites is 3. The van der Waals surface area contributed by atoms with Crippen LogP contribution in [-0.2, 0) is 35.9 Å². The molecule has 6 rings (SSSR count). The second-order valence-corrected chi connectivity index (χ2v) is 14.4. The topological polar surface area (TPSA) is 30.9 Å². The smallest absolute Gasteiger partial charge is 0.414 e. The lowest BCUT2D eigenvalue weighted by molar-refractivity contribution is -0.241. The summed E-state index contributed by atoms with van der Waals surface area (Å²) in [6, 6.07) is 19.5. The summed E-state index contributed by atoms with van der Waals surface area (Å²) in [5.74, 6) is 1.16. The van der Waals surface area contributed by atoms with Crippen LogP contribution in [0.4, 0.5) is 0 Å². The van der Waals surface area contributed by atoms with E-state index in [1.54, 1.807) is 0 Å². The van der Waals surface area contributed by atoms with Crippen molar-refractivity contribution in [3.05, 3.63) is 88.0 Å². The van der Waals surface area contributed by atoms with Crippen molar-refractivity contribution in [3.63, 3.8) is 0 Å². The summed E-state index contributed by atoms with van der Waals surface area (Å²) in [6.45, 7) is 24.3. The van der Waals surface area contributed by atoms with Gasteiger partial charge in [0.1, 0.15) is 17.2 Å². The molecule has 0 unspecified atom stereocenters. The molecule has 3 aliphatic heterocycles. The Morgan fingerprint density at radius 2 is 0.795 bits per heavy atom. The monoisotopic (exact) mass is 527 g/mol. The zero-order valence-electron chi connectivity index (χ0n) is 25.5. The van der Waals surface area contributed by atoms with Crippen molar-refractivity contribution in [2.45, 2.75) is 111 Å². The summed E-state index contributed by atoms with van der Waals surface area (Å²) >= 11 is 0. The van der Waals surface area contributed by atoms with E-state index in [-0.39, 0.29) is 16.2 Å². The van der Waals surface area contributed by atoms with Crippen LogP contribution in [0.25, 0.3) is 0 Å². The lowest BCUT2D eigenvalue weighted by Crippen LogP contribution is -2.48. The van der Waals surface area contributed by atoms with Crippen LogP contribution in [-0.4, -0.2) is 10.9 Å². The summed E-state index contributed by atoms with van der Waals surface area (Å²) in [7, 11) is 0. The maximum Gasteiger partial charge on any atom is 0.414 e. The van der Waals surface area contributed by atoms with Crippen molar-refractivity contribution in [3.8, 4) is 17.2 Å². The fraction of sp³-hybridized carbons (Fsp3) is 0.486. The van der Waals surface area contributed by atoms with Gasteiger partial charge in [-0.15, -0.1) is 0 Å². The van der Waals surface area contributed by atoms with E-state index < -0.39 is 5.97 Å². The molecular weight excluding hydrogens is 482 g/mol. The Bertz CT molecular complexity index is 1220. The zero-order chi connectivity index (χ0) is 28.4. The molecule has 0 amide bonds. The molecule has 0 atom stereocenters. The molecule has 3 aromatic carbocycles. The Morgan fingerprint density at radius 3 is 1.05 bits per heavy atom. The van der Waals surface area contributed by atoms with Gasteiger partial charge in [0, 0.05) is 53.0 Å². The number of rotatable bonds is 0. The minimum atomic E-state index is -1.40. The van der Waals surface area contributed by atoms with E-state index >= 15 is 0 Å². The quantitative estimate of drug-likeness (QED) is 0.293. The summed E-state index contributed by atoms with van der Waals surface area (Å²) in [5.41, 5.74) is 6.52. The van der Waals surface area contributed by atoms with E-state index in [1.807, 2.05) is 6.92 Å². The Hall–Kier alpha value is -2.98. The average molecular weight is 528 g/mol. The number of ether oxygens (including phenoxy) is 3. The molecule has 0 aromatic heterocycles. The second-order valence-electron chi connectivity index (χ2n) is 14.4. The molecule has 0 saturated carbocycles. The first-order valence-electron chi connectivity index (χ1n) is 14.2. The maximum atomic E-state index is 7.02. The fourth-order valence-corrected chi connectivity index (χ4v) is 5.77. The van der Waals surface area contributed by atoms with Gasteiger partial charge in [0.2, 0.25) is 0 Å². The first kappa shape index (κ1) is 27.6. The van der Waals surface area contributed by atoms with E-state index in [0.717, 1.165) is 70.3 Å². The van der Waals surface area contributed by atoms with E-state index in [2.05, 4.69) is 122 Å². The van der Waals surface area contributed by atoms with Crippen LogP contribution >= 0.6 is 0 Å². The predicted molar refractivity (Wildman–Crippen MR) is 159 cm³/mol. The SMILES string of the molecule is CC12Oc3c(cccc3C(C)(C)C)CN(Cc3cccc(C(C)(C)C)c3O1)Cc1cccc(C(C)(C)C)c1O2. The third-order valence-electron chi connectivity index (χ3n) is 7.76. The molecule has 3 heterocycles. The van der Waals surface area contributed by atoms with Gasteiger partial charge in [-0.3, -0.25) is 4.90 Å². The third-order valence-corrected chi connectivity index (χ3v) is 7.76. The van der Waals surface area contributed by atoms with Crippen molar-refractivity contribution in [2.75, 3.05) is 0 Å². The number of nitrogens with zero attached hydrogens (tertiary/aromatic N) is 1. The Morgan fingerprint density at radius 1 is 0.513 bits per heavy atom. The minimum absolute atomic E-state index is 0.117. The number of benzene rings is 3. The van der Waals surface area contributed by atoms with Gasteiger partial charge in [-0.1, -0.05) is 117 Å². The maximum absolute atomic E-state index is 7.02. The Balaban J connectivity index is 1.81. The fourth-order valence-electron chi connectivity index (χ4n) is 5.77. The van der Waals surface area contributed by atoms with Gasteiger partial charge in [-0.2, -0.15) is 0 Å². The average Bonchev–Trinajstić information content (AvgIpc) is 2.79. The van der Waals surface area contributed by atoms with Gasteiger partial charge in [0.05, 0.1) is 6.92 Å². The summed E-state index contributed by atoms with van der Waals surface area (Å²) in [5, 5.41) is 0. The summed E-state index contributed by atoms with van der Waals surface area (Å²) in [6.07, 6.45) is 0. The normalized spacial score (nSPS) is 21.2. The molecule has 4 heteroatoms. The lowest BCUT2D eigenvalue weighted by Gasteiger charge is -2.41.